The fraction of sp³-hybridized carbons (Fsp3) is 0.154. The molecule has 4 heteroatoms. The summed E-state index contributed by atoms with van der Waals surface area (Å²) >= 11 is 0. The summed E-state index contributed by atoms with van der Waals surface area (Å²) in [4.78, 5) is 11.1. The lowest BCUT2D eigenvalue weighted by Crippen LogP contribution is -2.28. The van der Waals surface area contributed by atoms with E-state index in [4.69, 9.17) is 9.94 Å². The van der Waals surface area contributed by atoms with Crippen molar-refractivity contribution < 1.29 is 14.7 Å². The van der Waals surface area contributed by atoms with Gasteiger partial charge >= 0.3 is 0 Å². The third kappa shape index (κ3) is 2.73. The Balaban J connectivity index is 2.12. The molecule has 0 unspecified atom stereocenters. The van der Waals surface area contributed by atoms with E-state index in [-0.39, 0.29) is 6.61 Å². The van der Waals surface area contributed by atoms with Crippen molar-refractivity contribution in [3.05, 3.63) is 42.5 Å². The molecule has 1 amide bonds. The minimum Gasteiger partial charge on any atom is -0.484 e. The lowest BCUT2D eigenvalue weighted by atomic mass is 10.1. The summed E-state index contributed by atoms with van der Waals surface area (Å²) in [6.07, 6.45) is 0. The molecular formula is C13H13NO3. The van der Waals surface area contributed by atoms with Gasteiger partial charge in [0.05, 0.1) is 0 Å². The number of hydrogen-bond acceptors (Lipinski definition) is 3. The van der Waals surface area contributed by atoms with E-state index >= 15 is 0 Å². The molecule has 0 bridgehead atoms. The molecule has 2 aromatic rings. The summed E-state index contributed by atoms with van der Waals surface area (Å²) in [5.74, 6) is 0.122. The number of likely N-dealkylation sites (N-methyl/N-ethyl adjacent to an activating group) is 1. The number of amides is 1. The fourth-order valence-corrected chi connectivity index (χ4v) is 1.50. The lowest BCUT2D eigenvalue weighted by molar-refractivity contribution is -0.161. The van der Waals surface area contributed by atoms with Crippen LogP contribution in [0, 0.1) is 0 Å². The Kier molecular flexibility index (Phi) is 3.25. The maximum absolute atomic E-state index is 11.1. The maximum Gasteiger partial charge on any atom is 0.283 e. The van der Waals surface area contributed by atoms with E-state index in [0.29, 0.717) is 10.8 Å². The molecule has 2 aromatic carbocycles. The van der Waals surface area contributed by atoms with Crippen LogP contribution in [0.2, 0.25) is 0 Å². The summed E-state index contributed by atoms with van der Waals surface area (Å²) < 4.78 is 5.29. The van der Waals surface area contributed by atoms with Gasteiger partial charge in [-0.15, -0.1) is 0 Å². The second-order valence-electron chi connectivity index (χ2n) is 3.71. The van der Waals surface area contributed by atoms with Crippen molar-refractivity contribution in [1.29, 1.82) is 0 Å². The highest BCUT2D eigenvalue weighted by molar-refractivity contribution is 5.84. The monoisotopic (exact) mass is 231 g/mol. The zero-order chi connectivity index (χ0) is 12.3. The Labute approximate surface area is 99.0 Å². The normalized spacial score (nSPS) is 10.2. The number of rotatable bonds is 3. The molecule has 0 heterocycles. The number of carbonyl (C=O) groups is 1. The van der Waals surface area contributed by atoms with E-state index in [2.05, 4.69) is 0 Å². The second-order valence-corrected chi connectivity index (χ2v) is 3.71. The highest BCUT2D eigenvalue weighted by Crippen LogP contribution is 2.20. The summed E-state index contributed by atoms with van der Waals surface area (Å²) in [7, 11) is 1.27. The molecule has 2 rings (SSSR count). The van der Waals surface area contributed by atoms with E-state index < -0.39 is 5.91 Å². The Bertz CT molecular complexity index is 537. The standard InChI is InChI=1S/C13H13NO3/c1-14(16)13(15)9-17-12-7-6-10-4-2-3-5-11(10)8-12/h2-8,16H,9H2,1H3. The third-order valence-corrected chi connectivity index (χ3v) is 2.44. The Morgan fingerprint density at radius 2 is 1.94 bits per heavy atom. The van der Waals surface area contributed by atoms with Crippen LogP contribution < -0.4 is 4.74 Å². The predicted molar refractivity (Wildman–Crippen MR) is 64.0 cm³/mol. The molecular weight excluding hydrogens is 218 g/mol. The number of benzene rings is 2. The third-order valence-electron chi connectivity index (χ3n) is 2.44. The number of ether oxygens (including phenoxy) is 1. The smallest absolute Gasteiger partial charge is 0.283 e. The molecule has 0 aliphatic carbocycles. The van der Waals surface area contributed by atoms with E-state index in [1.165, 1.54) is 7.05 Å². The minimum absolute atomic E-state index is 0.175. The van der Waals surface area contributed by atoms with Gasteiger partial charge in [-0.2, -0.15) is 0 Å². The average molecular weight is 231 g/mol. The molecule has 0 saturated carbocycles. The number of carbonyl (C=O) groups excluding carboxylic acids is 1. The van der Waals surface area contributed by atoms with Crippen LogP contribution >= 0.6 is 0 Å². The molecule has 0 spiro atoms. The largest absolute Gasteiger partial charge is 0.484 e. The number of fused-ring (bicyclic) bond motifs is 1. The van der Waals surface area contributed by atoms with Crippen LogP contribution in [0.5, 0.6) is 5.75 Å². The Morgan fingerprint density at radius 1 is 1.24 bits per heavy atom. The van der Waals surface area contributed by atoms with Gasteiger partial charge in [-0.05, 0) is 22.9 Å². The van der Waals surface area contributed by atoms with Crippen LogP contribution in [0.1, 0.15) is 0 Å². The van der Waals surface area contributed by atoms with Crippen LogP contribution in [0.3, 0.4) is 0 Å². The van der Waals surface area contributed by atoms with Crippen LogP contribution in [-0.2, 0) is 4.79 Å². The Morgan fingerprint density at radius 3 is 2.65 bits per heavy atom. The fourth-order valence-electron chi connectivity index (χ4n) is 1.50. The van der Waals surface area contributed by atoms with Crippen LogP contribution in [0.25, 0.3) is 10.8 Å². The summed E-state index contributed by atoms with van der Waals surface area (Å²) in [6.45, 7) is -0.175. The van der Waals surface area contributed by atoms with Crippen molar-refractivity contribution in [3.63, 3.8) is 0 Å². The number of hydrogen-bond donors (Lipinski definition) is 1. The van der Waals surface area contributed by atoms with E-state index in [0.717, 1.165) is 10.8 Å². The van der Waals surface area contributed by atoms with Gasteiger partial charge < -0.3 is 4.74 Å². The molecule has 0 saturated heterocycles. The predicted octanol–water partition coefficient (Wildman–Crippen LogP) is 2.07. The van der Waals surface area contributed by atoms with Crippen molar-refractivity contribution in [2.45, 2.75) is 0 Å². The van der Waals surface area contributed by atoms with Gasteiger partial charge in [0, 0.05) is 7.05 Å². The molecule has 4 nitrogen and oxygen atoms in total. The SMILES string of the molecule is CN(O)C(=O)COc1ccc2ccccc2c1. The highest BCUT2D eigenvalue weighted by atomic mass is 16.5. The highest BCUT2D eigenvalue weighted by Gasteiger charge is 2.06. The summed E-state index contributed by atoms with van der Waals surface area (Å²) in [5.41, 5.74) is 0. The molecule has 0 aromatic heterocycles. The van der Waals surface area contributed by atoms with Crippen molar-refractivity contribution in [1.82, 2.24) is 5.06 Å². The summed E-state index contributed by atoms with van der Waals surface area (Å²) in [6, 6.07) is 13.5. The van der Waals surface area contributed by atoms with Gasteiger partial charge in [0.1, 0.15) is 5.75 Å². The number of nitrogens with zero attached hydrogens (tertiary/aromatic N) is 1. The van der Waals surface area contributed by atoms with Gasteiger partial charge in [0.25, 0.3) is 5.91 Å². The van der Waals surface area contributed by atoms with Crippen molar-refractivity contribution >= 4 is 16.7 Å². The van der Waals surface area contributed by atoms with E-state index in [9.17, 15) is 4.79 Å². The molecule has 0 aliphatic rings. The maximum atomic E-state index is 11.1. The van der Waals surface area contributed by atoms with Crippen LogP contribution in [0.15, 0.2) is 42.5 Å². The average Bonchev–Trinajstić information content (AvgIpc) is 2.35. The van der Waals surface area contributed by atoms with Gasteiger partial charge in [-0.1, -0.05) is 30.3 Å². The summed E-state index contributed by atoms with van der Waals surface area (Å²) in [5, 5.41) is 11.6. The molecule has 17 heavy (non-hydrogen) atoms. The molecule has 0 fully saturated rings. The molecule has 88 valence electrons. The van der Waals surface area contributed by atoms with Crippen molar-refractivity contribution in [2.75, 3.05) is 13.7 Å². The first kappa shape index (κ1) is 11.4. The Hall–Kier alpha value is -2.07. The van der Waals surface area contributed by atoms with Crippen LogP contribution in [-0.4, -0.2) is 29.8 Å². The van der Waals surface area contributed by atoms with E-state index in [1.54, 1.807) is 6.07 Å². The molecule has 0 aliphatic heterocycles. The molecule has 1 N–H and O–H groups in total. The molecule has 0 radical (unpaired) electrons. The van der Waals surface area contributed by atoms with Gasteiger partial charge in [0.2, 0.25) is 0 Å². The van der Waals surface area contributed by atoms with Crippen molar-refractivity contribution in [2.24, 2.45) is 0 Å². The quantitative estimate of drug-likeness (QED) is 0.649. The minimum atomic E-state index is -0.488. The molecule has 0 atom stereocenters. The topological polar surface area (TPSA) is 49.8 Å². The first-order chi connectivity index (χ1) is 8.16. The van der Waals surface area contributed by atoms with E-state index in [1.807, 2.05) is 36.4 Å². The zero-order valence-electron chi connectivity index (χ0n) is 9.46. The van der Waals surface area contributed by atoms with Gasteiger partial charge in [-0.25, -0.2) is 5.06 Å². The second kappa shape index (κ2) is 4.84. The van der Waals surface area contributed by atoms with Crippen molar-refractivity contribution in [3.8, 4) is 5.75 Å². The first-order valence-electron chi connectivity index (χ1n) is 5.24. The first-order valence-corrected chi connectivity index (χ1v) is 5.24. The van der Waals surface area contributed by atoms with Gasteiger partial charge in [-0.3, -0.25) is 10.0 Å². The lowest BCUT2D eigenvalue weighted by Gasteiger charge is -2.10. The number of hydroxylamine groups is 2. The van der Waals surface area contributed by atoms with Gasteiger partial charge in [0.15, 0.2) is 6.61 Å². The zero-order valence-corrected chi connectivity index (χ0v) is 9.46. The van der Waals surface area contributed by atoms with Crippen LogP contribution in [0.4, 0.5) is 0 Å².